The van der Waals surface area contributed by atoms with Crippen LogP contribution in [0.4, 0.5) is 4.79 Å². The third kappa shape index (κ3) is 13.2. The second-order valence-corrected chi connectivity index (χ2v) is 4.54. The smallest absolute Gasteiger partial charge is 0.450 e. The van der Waals surface area contributed by atoms with E-state index in [9.17, 15) is 4.79 Å². The van der Waals surface area contributed by atoms with Gasteiger partial charge < -0.3 is 9.84 Å². The lowest BCUT2D eigenvalue weighted by Crippen LogP contribution is -2.26. The Morgan fingerprint density at radius 3 is 2.00 bits per heavy atom. The lowest BCUT2D eigenvalue weighted by molar-refractivity contribution is 0.0498. The summed E-state index contributed by atoms with van der Waals surface area (Å²) in [5.41, 5.74) is 5.47. The molecule has 0 amide bonds. The molecule has 0 radical (unpaired) electrons. The fourth-order valence-corrected chi connectivity index (χ4v) is 1.84. The lowest BCUT2D eigenvalue weighted by atomic mass is 10.1. The van der Waals surface area contributed by atoms with Crippen LogP contribution in [0, 0.1) is 0 Å². The van der Waals surface area contributed by atoms with Gasteiger partial charge in [-0.3, -0.25) is 5.73 Å². The fraction of sp³-hybridized carbons (Fsp3) is 0.923. The van der Waals surface area contributed by atoms with Gasteiger partial charge in [0.25, 0.3) is 0 Å². The van der Waals surface area contributed by atoms with Crippen molar-refractivity contribution in [3.8, 4) is 0 Å². The number of rotatable bonds is 11. The van der Waals surface area contributed by atoms with Crippen molar-refractivity contribution in [3.63, 3.8) is 0 Å². The lowest BCUT2D eigenvalue weighted by Gasteiger charge is -2.09. The quantitative estimate of drug-likeness (QED) is 0.329. The maximum atomic E-state index is 10.2. The summed E-state index contributed by atoms with van der Waals surface area (Å²) in [5.74, 6) is 0. The van der Waals surface area contributed by atoms with Crippen molar-refractivity contribution < 1.29 is 14.6 Å². The molecule has 0 fully saturated rings. The molecule has 0 aromatic rings. The summed E-state index contributed by atoms with van der Waals surface area (Å²) in [5, 5.41) is 8.33. The van der Waals surface area contributed by atoms with E-state index in [0.717, 1.165) is 12.8 Å². The Hall–Kier alpha value is -0.770. The predicted molar refractivity (Wildman–Crippen MR) is 68.9 cm³/mol. The molecule has 0 aromatic carbocycles. The molecule has 17 heavy (non-hydrogen) atoms. The predicted octanol–water partition coefficient (Wildman–Crippen LogP) is 3.89. The highest BCUT2D eigenvalue weighted by molar-refractivity contribution is 5.56. The van der Waals surface area contributed by atoms with Crippen molar-refractivity contribution in [1.82, 2.24) is 0 Å². The van der Waals surface area contributed by atoms with E-state index < -0.39 is 12.4 Å². The standard InChI is InChI=1S/C13H27NO3/c1-2-3-4-5-6-7-8-9-10-11-12(14)17-13(15)16/h12H,2-11,14H2,1H3,(H,15,16). The topological polar surface area (TPSA) is 72.5 Å². The Labute approximate surface area is 105 Å². The van der Waals surface area contributed by atoms with Crippen LogP contribution in [-0.2, 0) is 4.74 Å². The van der Waals surface area contributed by atoms with Crippen LogP contribution in [0.3, 0.4) is 0 Å². The zero-order valence-electron chi connectivity index (χ0n) is 11.0. The van der Waals surface area contributed by atoms with E-state index in [-0.39, 0.29) is 0 Å². The van der Waals surface area contributed by atoms with Crippen LogP contribution in [0.5, 0.6) is 0 Å². The number of hydrogen-bond acceptors (Lipinski definition) is 3. The van der Waals surface area contributed by atoms with Gasteiger partial charge in [-0.05, 0) is 12.8 Å². The van der Waals surface area contributed by atoms with Crippen LogP contribution in [0.2, 0.25) is 0 Å². The van der Waals surface area contributed by atoms with Crippen LogP contribution in [0.1, 0.15) is 71.1 Å². The Balaban J connectivity index is 3.10. The molecule has 0 saturated heterocycles. The van der Waals surface area contributed by atoms with Crippen LogP contribution < -0.4 is 5.73 Å². The normalized spacial score (nSPS) is 12.4. The monoisotopic (exact) mass is 245 g/mol. The molecule has 0 aliphatic heterocycles. The molecule has 0 aliphatic rings. The molecule has 0 saturated carbocycles. The number of ether oxygens (including phenoxy) is 1. The third-order valence-corrected chi connectivity index (χ3v) is 2.84. The number of carboxylic acid groups (broad SMARTS) is 1. The second-order valence-electron chi connectivity index (χ2n) is 4.54. The zero-order chi connectivity index (χ0) is 12.9. The van der Waals surface area contributed by atoms with Gasteiger partial charge in [0, 0.05) is 0 Å². The Morgan fingerprint density at radius 2 is 1.53 bits per heavy atom. The van der Waals surface area contributed by atoms with Crippen molar-refractivity contribution in [2.24, 2.45) is 5.73 Å². The molecule has 0 bridgehead atoms. The Kier molecular flexibility index (Phi) is 11.2. The minimum absolute atomic E-state index is 0.627. The average molecular weight is 245 g/mol. The van der Waals surface area contributed by atoms with E-state index in [2.05, 4.69) is 11.7 Å². The molecule has 0 aromatic heterocycles. The Bertz CT molecular complexity index is 186. The third-order valence-electron chi connectivity index (χ3n) is 2.84. The highest BCUT2D eigenvalue weighted by atomic mass is 16.7. The first-order valence-corrected chi connectivity index (χ1v) is 6.82. The molecule has 1 atom stereocenters. The molecule has 4 nitrogen and oxygen atoms in total. The second kappa shape index (κ2) is 11.7. The van der Waals surface area contributed by atoms with Gasteiger partial charge in [-0.1, -0.05) is 58.3 Å². The molecular formula is C13H27NO3. The van der Waals surface area contributed by atoms with Crippen molar-refractivity contribution in [3.05, 3.63) is 0 Å². The van der Waals surface area contributed by atoms with Crippen molar-refractivity contribution >= 4 is 6.16 Å². The molecule has 3 N–H and O–H groups in total. The summed E-state index contributed by atoms with van der Waals surface area (Å²) in [6, 6.07) is 0. The molecular weight excluding hydrogens is 218 g/mol. The molecule has 0 spiro atoms. The largest absolute Gasteiger partial charge is 0.507 e. The molecule has 4 heteroatoms. The summed E-state index contributed by atoms with van der Waals surface area (Å²) in [4.78, 5) is 10.2. The van der Waals surface area contributed by atoms with Crippen LogP contribution in [-0.4, -0.2) is 17.5 Å². The van der Waals surface area contributed by atoms with Gasteiger partial charge in [-0.25, -0.2) is 4.79 Å². The first-order valence-electron chi connectivity index (χ1n) is 6.82. The van der Waals surface area contributed by atoms with Crippen LogP contribution in [0.15, 0.2) is 0 Å². The van der Waals surface area contributed by atoms with Crippen LogP contribution >= 0.6 is 0 Å². The highest BCUT2D eigenvalue weighted by Crippen LogP contribution is 2.11. The molecule has 0 aliphatic carbocycles. The van der Waals surface area contributed by atoms with E-state index in [4.69, 9.17) is 10.8 Å². The number of nitrogens with two attached hydrogens (primary N) is 1. The van der Waals surface area contributed by atoms with Gasteiger partial charge in [-0.15, -0.1) is 0 Å². The maximum Gasteiger partial charge on any atom is 0.507 e. The van der Waals surface area contributed by atoms with E-state index in [1.807, 2.05) is 0 Å². The van der Waals surface area contributed by atoms with Gasteiger partial charge >= 0.3 is 6.16 Å². The number of hydrogen-bond donors (Lipinski definition) is 2. The van der Waals surface area contributed by atoms with Gasteiger partial charge in [0.1, 0.15) is 0 Å². The van der Waals surface area contributed by atoms with Crippen molar-refractivity contribution in [1.29, 1.82) is 0 Å². The minimum atomic E-state index is -1.28. The van der Waals surface area contributed by atoms with E-state index in [1.165, 1.54) is 44.9 Å². The van der Waals surface area contributed by atoms with Crippen LogP contribution in [0.25, 0.3) is 0 Å². The summed E-state index contributed by atoms with van der Waals surface area (Å²) < 4.78 is 4.42. The summed E-state index contributed by atoms with van der Waals surface area (Å²) in [6.45, 7) is 2.22. The van der Waals surface area contributed by atoms with Gasteiger partial charge in [0.05, 0.1) is 0 Å². The maximum absolute atomic E-state index is 10.2. The van der Waals surface area contributed by atoms with Crippen molar-refractivity contribution in [2.75, 3.05) is 0 Å². The van der Waals surface area contributed by atoms with E-state index >= 15 is 0 Å². The summed E-state index contributed by atoms with van der Waals surface area (Å²) >= 11 is 0. The molecule has 102 valence electrons. The van der Waals surface area contributed by atoms with E-state index in [0.29, 0.717) is 6.42 Å². The van der Waals surface area contributed by atoms with Gasteiger partial charge in [0.15, 0.2) is 6.23 Å². The minimum Gasteiger partial charge on any atom is -0.450 e. The average Bonchev–Trinajstić information content (AvgIpc) is 2.26. The number of carbonyl (C=O) groups is 1. The van der Waals surface area contributed by atoms with Crippen molar-refractivity contribution in [2.45, 2.75) is 77.4 Å². The summed E-state index contributed by atoms with van der Waals surface area (Å²) in [6.07, 6.45) is 9.90. The van der Waals surface area contributed by atoms with Gasteiger partial charge in [-0.2, -0.15) is 0 Å². The molecule has 0 rings (SSSR count). The van der Waals surface area contributed by atoms with Gasteiger partial charge in [0.2, 0.25) is 0 Å². The summed E-state index contributed by atoms with van der Waals surface area (Å²) in [7, 11) is 0. The highest BCUT2D eigenvalue weighted by Gasteiger charge is 2.06. The zero-order valence-corrected chi connectivity index (χ0v) is 11.0. The fourth-order valence-electron chi connectivity index (χ4n) is 1.84. The SMILES string of the molecule is CCCCCCCCCCCC(N)OC(=O)O. The first-order chi connectivity index (χ1) is 8.16. The number of unbranched alkanes of at least 4 members (excludes halogenated alkanes) is 8. The molecule has 1 unspecified atom stereocenters. The molecule has 0 heterocycles. The van der Waals surface area contributed by atoms with E-state index in [1.54, 1.807) is 0 Å². The Morgan fingerprint density at radius 1 is 1.06 bits per heavy atom. The first kappa shape index (κ1) is 16.2.